The lowest BCUT2D eigenvalue weighted by atomic mass is 10.0. The Kier molecular flexibility index (Phi) is 7.68. The number of fused-ring (bicyclic) bond motifs is 1. The number of nitrogens with one attached hydrogen (secondary N) is 1. The lowest BCUT2D eigenvalue weighted by Crippen LogP contribution is -2.49. The quantitative estimate of drug-likeness (QED) is 0.688. The highest BCUT2D eigenvalue weighted by atomic mass is 32.1. The number of hydrogen-bond acceptors (Lipinski definition) is 4. The zero-order chi connectivity index (χ0) is 21.5. The van der Waals surface area contributed by atoms with Crippen molar-refractivity contribution in [2.45, 2.75) is 32.7 Å². The van der Waals surface area contributed by atoms with Crippen LogP contribution < -0.4 is 10.1 Å². The normalized spacial score (nSPS) is 15.4. The smallest absolute Gasteiger partial charge is 0.317 e. The average molecular weight is 434 g/mol. The molecule has 0 fully saturated rings. The molecular weight excluding hydrogens is 405 g/mol. The molecule has 8 heteroatoms. The number of rotatable bonds is 8. The van der Waals surface area contributed by atoms with Crippen LogP contribution in [-0.2, 0) is 11.2 Å². The Bertz CT molecular complexity index is 873. The van der Waals surface area contributed by atoms with Crippen LogP contribution in [-0.4, -0.2) is 54.5 Å². The number of carbonyl (C=O) groups excluding carboxylic acids is 2. The van der Waals surface area contributed by atoms with E-state index in [1.807, 2.05) is 25.3 Å². The van der Waals surface area contributed by atoms with Crippen LogP contribution in [0.3, 0.4) is 0 Å². The van der Waals surface area contributed by atoms with E-state index in [1.165, 1.54) is 21.9 Å². The fourth-order valence-corrected chi connectivity index (χ4v) is 4.46. The second-order valence-corrected chi connectivity index (χ2v) is 8.17. The molecule has 0 spiro atoms. The SMILES string of the molecule is CCCNC(=O)N(CC)CC(=O)N1CCc2sccc2[C@H]1COc1cccc(F)c1. The van der Waals surface area contributed by atoms with E-state index in [4.69, 9.17) is 4.74 Å². The van der Waals surface area contributed by atoms with Crippen LogP contribution in [0, 0.1) is 5.82 Å². The number of thiophene rings is 1. The Labute approximate surface area is 180 Å². The third-order valence-electron chi connectivity index (χ3n) is 5.14. The van der Waals surface area contributed by atoms with E-state index in [-0.39, 0.29) is 36.9 Å². The summed E-state index contributed by atoms with van der Waals surface area (Å²) in [5.74, 6) is -0.0518. The van der Waals surface area contributed by atoms with Gasteiger partial charge in [0.15, 0.2) is 0 Å². The lowest BCUT2D eigenvalue weighted by Gasteiger charge is -2.37. The minimum atomic E-state index is -0.364. The van der Waals surface area contributed by atoms with Gasteiger partial charge in [0.05, 0.1) is 6.04 Å². The minimum absolute atomic E-state index is 0.0159. The Balaban J connectivity index is 1.72. The largest absolute Gasteiger partial charge is 0.491 e. The first-order valence-corrected chi connectivity index (χ1v) is 11.2. The fourth-order valence-electron chi connectivity index (χ4n) is 3.53. The molecule has 2 aromatic rings. The zero-order valence-electron chi connectivity index (χ0n) is 17.4. The van der Waals surface area contributed by atoms with E-state index in [9.17, 15) is 14.0 Å². The van der Waals surface area contributed by atoms with Crippen LogP contribution >= 0.6 is 11.3 Å². The third-order valence-corrected chi connectivity index (χ3v) is 6.14. The molecule has 30 heavy (non-hydrogen) atoms. The lowest BCUT2D eigenvalue weighted by molar-refractivity contribution is -0.135. The molecule has 0 saturated carbocycles. The van der Waals surface area contributed by atoms with Crippen LogP contribution in [0.15, 0.2) is 35.7 Å². The summed E-state index contributed by atoms with van der Waals surface area (Å²) in [6.45, 7) is 5.68. The Morgan fingerprint density at radius 3 is 2.90 bits per heavy atom. The number of carbonyl (C=O) groups is 2. The van der Waals surface area contributed by atoms with Gasteiger partial charge in [-0.3, -0.25) is 4.79 Å². The maximum atomic E-state index is 13.5. The van der Waals surface area contributed by atoms with E-state index in [2.05, 4.69) is 5.32 Å². The number of nitrogens with zero attached hydrogens (tertiary/aromatic N) is 2. The van der Waals surface area contributed by atoms with E-state index in [0.717, 1.165) is 18.4 Å². The second kappa shape index (κ2) is 10.4. The maximum Gasteiger partial charge on any atom is 0.317 e. The van der Waals surface area contributed by atoms with Gasteiger partial charge in [-0.05, 0) is 48.9 Å². The molecule has 0 saturated heterocycles. The van der Waals surface area contributed by atoms with Crippen LogP contribution in [0.4, 0.5) is 9.18 Å². The summed E-state index contributed by atoms with van der Waals surface area (Å²) in [5, 5.41) is 4.84. The maximum absolute atomic E-state index is 13.5. The first-order valence-electron chi connectivity index (χ1n) is 10.3. The van der Waals surface area contributed by atoms with Gasteiger partial charge in [-0.1, -0.05) is 13.0 Å². The van der Waals surface area contributed by atoms with Crippen LogP contribution in [0.1, 0.15) is 36.8 Å². The van der Waals surface area contributed by atoms with Crippen molar-refractivity contribution in [3.8, 4) is 5.75 Å². The molecule has 1 aliphatic heterocycles. The van der Waals surface area contributed by atoms with Crippen molar-refractivity contribution in [3.05, 3.63) is 52.0 Å². The van der Waals surface area contributed by atoms with Gasteiger partial charge in [0.2, 0.25) is 5.91 Å². The molecule has 6 nitrogen and oxygen atoms in total. The molecule has 3 rings (SSSR count). The standard InChI is InChI=1S/C22H28FN3O3S/c1-3-10-24-22(28)25(4-2)14-21(27)26-11-8-20-18(9-12-30-20)19(26)15-29-17-7-5-6-16(23)13-17/h5-7,9,12-13,19H,3-4,8,10-11,14-15H2,1-2H3,(H,24,28)/t19-/m1/s1. The molecular formula is C22H28FN3O3S. The molecule has 1 aromatic carbocycles. The van der Waals surface area contributed by atoms with E-state index in [0.29, 0.717) is 25.4 Å². The van der Waals surface area contributed by atoms with Crippen molar-refractivity contribution >= 4 is 23.3 Å². The summed E-state index contributed by atoms with van der Waals surface area (Å²) in [4.78, 5) is 30.0. The number of likely N-dealkylation sites (N-methyl/N-ethyl adjacent to an activating group) is 1. The van der Waals surface area contributed by atoms with Gasteiger partial charge in [0.25, 0.3) is 0 Å². The highest BCUT2D eigenvalue weighted by Crippen LogP contribution is 2.34. The van der Waals surface area contributed by atoms with E-state index in [1.54, 1.807) is 28.4 Å². The summed E-state index contributed by atoms with van der Waals surface area (Å²) < 4.78 is 19.3. The zero-order valence-corrected chi connectivity index (χ0v) is 18.2. The fraction of sp³-hybridized carbons (Fsp3) is 0.455. The Morgan fingerprint density at radius 2 is 2.17 bits per heavy atom. The van der Waals surface area contributed by atoms with Gasteiger partial charge in [-0.15, -0.1) is 11.3 Å². The number of halogens is 1. The first kappa shape index (κ1) is 22.1. The number of hydrogen-bond donors (Lipinski definition) is 1. The Hall–Kier alpha value is -2.61. The van der Waals surface area contributed by atoms with Gasteiger partial charge in [0, 0.05) is 30.6 Å². The number of benzene rings is 1. The topological polar surface area (TPSA) is 61.9 Å². The first-order chi connectivity index (χ1) is 14.5. The summed E-state index contributed by atoms with van der Waals surface area (Å²) in [5.41, 5.74) is 1.06. The summed E-state index contributed by atoms with van der Waals surface area (Å²) >= 11 is 1.67. The highest BCUT2D eigenvalue weighted by Gasteiger charge is 2.33. The summed E-state index contributed by atoms with van der Waals surface area (Å²) in [6, 6.07) is 7.51. The van der Waals surface area contributed by atoms with Gasteiger partial charge < -0.3 is 19.9 Å². The van der Waals surface area contributed by atoms with Gasteiger partial charge >= 0.3 is 6.03 Å². The third kappa shape index (κ3) is 5.30. The van der Waals surface area contributed by atoms with Crippen molar-refractivity contribution in [2.24, 2.45) is 0 Å². The molecule has 1 atom stereocenters. The van der Waals surface area contributed by atoms with E-state index >= 15 is 0 Å². The molecule has 3 amide bonds. The van der Waals surface area contributed by atoms with Gasteiger partial charge in [-0.25, -0.2) is 9.18 Å². The van der Waals surface area contributed by atoms with Crippen LogP contribution in [0.5, 0.6) is 5.75 Å². The molecule has 1 aliphatic rings. The van der Waals surface area contributed by atoms with Crippen molar-refractivity contribution < 1.29 is 18.7 Å². The van der Waals surface area contributed by atoms with Crippen molar-refractivity contribution in [1.82, 2.24) is 15.1 Å². The van der Waals surface area contributed by atoms with Crippen LogP contribution in [0.25, 0.3) is 0 Å². The van der Waals surface area contributed by atoms with E-state index < -0.39 is 0 Å². The van der Waals surface area contributed by atoms with Gasteiger partial charge in [-0.2, -0.15) is 0 Å². The molecule has 0 bridgehead atoms. The minimum Gasteiger partial charge on any atom is -0.491 e. The van der Waals surface area contributed by atoms with Crippen molar-refractivity contribution in [2.75, 3.05) is 32.8 Å². The molecule has 0 unspecified atom stereocenters. The molecule has 0 radical (unpaired) electrons. The Morgan fingerprint density at radius 1 is 1.33 bits per heavy atom. The summed E-state index contributed by atoms with van der Waals surface area (Å²) in [7, 11) is 0. The van der Waals surface area contributed by atoms with Gasteiger partial charge in [0.1, 0.15) is 24.7 Å². The van der Waals surface area contributed by atoms with Crippen molar-refractivity contribution in [1.29, 1.82) is 0 Å². The highest BCUT2D eigenvalue weighted by molar-refractivity contribution is 7.10. The molecule has 1 N–H and O–H groups in total. The average Bonchev–Trinajstić information content (AvgIpc) is 3.23. The number of amides is 3. The van der Waals surface area contributed by atoms with Crippen LogP contribution in [0.2, 0.25) is 0 Å². The second-order valence-electron chi connectivity index (χ2n) is 7.17. The number of urea groups is 1. The molecule has 1 aromatic heterocycles. The molecule has 2 heterocycles. The van der Waals surface area contributed by atoms with Crippen molar-refractivity contribution in [3.63, 3.8) is 0 Å². The monoisotopic (exact) mass is 433 g/mol. The predicted molar refractivity (Wildman–Crippen MR) is 115 cm³/mol. The molecule has 0 aliphatic carbocycles. The predicted octanol–water partition coefficient (Wildman–Crippen LogP) is 3.83. The summed E-state index contributed by atoms with van der Waals surface area (Å²) in [6.07, 6.45) is 1.62. The number of ether oxygens (including phenoxy) is 1. The molecule has 162 valence electrons.